The van der Waals surface area contributed by atoms with Crippen molar-refractivity contribution in [2.75, 3.05) is 12.8 Å². The second-order valence-corrected chi connectivity index (χ2v) is 4.34. The van der Waals surface area contributed by atoms with Crippen LogP contribution >= 0.6 is 11.8 Å². The number of ether oxygens (including phenoxy) is 1. The Morgan fingerprint density at radius 3 is 2.67 bits per heavy atom. The summed E-state index contributed by atoms with van der Waals surface area (Å²) in [5, 5.41) is 0.441. The number of benzene rings is 1. The van der Waals surface area contributed by atoms with Gasteiger partial charge in [-0.15, -0.1) is 0 Å². The van der Waals surface area contributed by atoms with Crippen LogP contribution in [0.1, 0.15) is 0 Å². The Morgan fingerprint density at radius 1 is 1.22 bits per heavy atom. The molecular weight excluding hydrogens is 260 g/mol. The fourth-order valence-electron chi connectivity index (χ4n) is 1.29. The third-order valence-corrected chi connectivity index (χ3v) is 3.08. The van der Waals surface area contributed by atoms with Crippen molar-refractivity contribution in [3.05, 3.63) is 36.2 Å². The molecule has 0 aliphatic heterocycles. The fraction of sp³-hybridized carbons (Fsp3) is 0.0909. The van der Waals surface area contributed by atoms with Crippen molar-refractivity contribution in [1.29, 1.82) is 0 Å². The predicted molar refractivity (Wildman–Crippen MR) is 63.5 cm³/mol. The molecule has 2 rings (SSSR count). The number of halogens is 2. The zero-order valence-electron chi connectivity index (χ0n) is 9.35. The molecule has 0 spiro atoms. The van der Waals surface area contributed by atoms with Gasteiger partial charge in [0.25, 0.3) is 0 Å². The van der Waals surface area contributed by atoms with E-state index in [4.69, 9.17) is 10.5 Å². The molecule has 0 saturated heterocycles. The quantitative estimate of drug-likeness (QED) is 0.867. The molecule has 0 aliphatic carbocycles. The summed E-state index contributed by atoms with van der Waals surface area (Å²) < 4.78 is 30.9. The molecule has 0 aliphatic rings. The first kappa shape index (κ1) is 12.6. The first-order chi connectivity index (χ1) is 8.61. The molecule has 2 aromatic rings. The van der Waals surface area contributed by atoms with Gasteiger partial charge in [-0.2, -0.15) is 0 Å². The lowest BCUT2D eigenvalue weighted by molar-refractivity contribution is 0.401. The van der Waals surface area contributed by atoms with Crippen LogP contribution in [0.3, 0.4) is 0 Å². The summed E-state index contributed by atoms with van der Waals surface area (Å²) in [4.78, 5) is 8.26. The van der Waals surface area contributed by atoms with Crippen molar-refractivity contribution in [3.8, 4) is 5.75 Å². The van der Waals surface area contributed by atoms with Gasteiger partial charge in [-0.25, -0.2) is 18.7 Å². The molecule has 0 bridgehead atoms. The van der Waals surface area contributed by atoms with Crippen LogP contribution in [0.2, 0.25) is 0 Å². The SMILES string of the molecule is COc1c(N)ncnc1Sc1ccc(F)c(F)c1. The maximum absolute atomic E-state index is 13.1. The summed E-state index contributed by atoms with van der Waals surface area (Å²) in [6.07, 6.45) is 1.28. The van der Waals surface area contributed by atoms with Gasteiger partial charge >= 0.3 is 0 Å². The molecular formula is C11H9F2N3OS. The van der Waals surface area contributed by atoms with Crippen LogP contribution in [0.4, 0.5) is 14.6 Å². The number of methoxy groups -OCH3 is 1. The van der Waals surface area contributed by atoms with E-state index in [1.54, 1.807) is 0 Å². The molecule has 0 atom stereocenters. The van der Waals surface area contributed by atoms with Crippen LogP contribution in [0.25, 0.3) is 0 Å². The lowest BCUT2D eigenvalue weighted by Crippen LogP contribution is -1.99. The Hall–Kier alpha value is -1.89. The largest absolute Gasteiger partial charge is 0.490 e. The van der Waals surface area contributed by atoms with E-state index in [0.717, 1.165) is 23.9 Å². The Bertz CT molecular complexity index is 580. The molecule has 0 unspecified atom stereocenters. The second kappa shape index (κ2) is 5.18. The normalized spacial score (nSPS) is 10.4. The molecule has 0 radical (unpaired) electrons. The second-order valence-electron chi connectivity index (χ2n) is 3.28. The standard InChI is InChI=1S/C11H9F2N3OS/c1-17-9-10(14)15-5-16-11(9)18-6-2-3-7(12)8(13)4-6/h2-5H,1H3,(H2,14,15,16). The van der Waals surface area contributed by atoms with Crippen LogP contribution in [0.15, 0.2) is 34.4 Å². The lowest BCUT2D eigenvalue weighted by atomic mass is 10.3. The summed E-state index contributed by atoms with van der Waals surface area (Å²) >= 11 is 1.11. The number of nitrogens with two attached hydrogens (primary N) is 1. The van der Waals surface area contributed by atoms with E-state index in [9.17, 15) is 8.78 Å². The van der Waals surface area contributed by atoms with Gasteiger partial charge in [0.15, 0.2) is 23.2 Å². The van der Waals surface area contributed by atoms with Gasteiger partial charge in [0.05, 0.1) is 7.11 Å². The van der Waals surface area contributed by atoms with E-state index in [2.05, 4.69) is 9.97 Å². The van der Waals surface area contributed by atoms with E-state index in [-0.39, 0.29) is 5.82 Å². The minimum absolute atomic E-state index is 0.192. The van der Waals surface area contributed by atoms with Crippen LogP contribution in [-0.4, -0.2) is 17.1 Å². The average Bonchev–Trinajstić information content (AvgIpc) is 2.34. The van der Waals surface area contributed by atoms with Crippen LogP contribution in [0.5, 0.6) is 5.75 Å². The number of aromatic nitrogens is 2. The van der Waals surface area contributed by atoms with E-state index >= 15 is 0 Å². The number of hydrogen-bond donors (Lipinski definition) is 1. The summed E-state index contributed by atoms with van der Waals surface area (Å²) in [7, 11) is 1.43. The molecule has 0 saturated carbocycles. The Balaban J connectivity index is 2.34. The molecule has 0 fully saturated rings. The van der Waals surface area contributed by atoms with Crippen molar-refractivity contribution in [1.82, 2.24) is 9.97 Å². The van der Waals surface area contributed by atoms with E-state index in [0.29, 0.717) is 15.7 Å². The summed E-state index contributed by atoms with van der Waals surface area (Å²) in [5.74, 6) is -1.31. The number of nitrogen functional groups attached to an aromatic ring is 1. The van der Waals surface area contributed by atoms with Crippen molar-refractivity contribution in [2.24, 2.45) is 0 Å². The van der Waals surface area contributed by atoms with Crippen molar-refractivity contribution < 1.29 is 13.5 Å². The third-order valence-electron chi connectivity index (χ3n) is 2.11. The van der Waals surface area contributed by atoms with Gasteiger partial charge in [0, 0.05) is 4.90 Å². The van der Waals surface area contributed by atoms with Crippen molar-refractivity contribution in [3.63, 3.8) is 0 Å². The molecule has 7 heteroatoms. The van der Waals surface area contributed by atoms with E-state index < -0.39 is 11.6 Å². The van der Waals surface area contributed by atoms with Gasteiger partial charge in [-0.3, -0.25) is 0 Å². The maximum Gasteiger partial charge on any atom is 0.193 e. The zero-order valence-corrected chi connectivity index (χ0v) is 10.2. The summed E-state index contributed by atoms with van der Waals surface area (Å²) in [5.41, 5.74) is 5.62. The highest BCUT2D eigenvalue weighted by molar-refractivity contribution is 7.99. The molecule has 1 aromatic heterocycles. The minimum Gasteiger partial charge on any atom is -0.490 e. The molecule has 18 heavy (non-hydrogen) atoms. The molecule has 4 nitrogen and oxygen atoms in total. The monoisotopic (exact) mass is 269 g/mol. The highest BCUT2D eigenvalue weighted by atomic mass is 32.2. The van der Waals surface area contributed by atoms with E-state index in [1.807, 2.05) is 0 Å². The van der Waals surface area contributed by atoms with Crippen LogP contribution in [0, 0.1) is 11.6 Å². The molecule has 0 amide bonds. The van der Waals surface area contributed by atoms with Crippen molar-refractivity contribution >= 4 is 17.6 Å². The Kier molecular flexibility index (Phi) is 3.61. The predicted octanol–water partition coefficient (Wildman–Crippen LogP) is 2.50. The van der Waals surface area contributed by atoms with Gasteiger partial charge < -0.3 is 10.5 Å². The van der Waals surface area contributed by atoms with Gasteiger partial charge in [-0.05, 0) is 18.2 Å². The first-order valence-electron chi connectivity index (χ1n) is 4.89. The Morgan fingerprint density at radius 2 is 2.00 bits per heavy atom. The summed E-state index contributed by atoms with van der Waals surface area (Å²) in [6, 6.07) is 3.58. The van der Waals surface area contributed by atoms with Crippen molar-refractivity contribution in [2.45, 2.75) is 9.92 Å². The van der Waals surface area contributed by atoms with Crippen LogP contribution in [-0.2, 0) is 0 Å². The lowest BCUT2D eigenvalue weighted by Gasteiger charge is -2.08. The Labute approximate surface area is 106 Å². The molecule has 2 N–H and O–H groups in total. The highest BCUT2D eigenvalue weighted by Crippen LogP contribution is 2.35. The smallest absolute Gasteiger partial charge is 0.193 e. The topological polar surface area (TPSA) is 61.0 Å². The zero-order chi connectivity index (χ0) is 13.1. The molecule has 94 valence electrons. The third kappa shape index (κ3) is 2.51. The maximum atomic E-state index is 13.1. The van der Waals surface area contributed by atoms with Gasteiger partial charge in [-0.1, -0.05) is 11.8 Å². The van der Waals surface area contributed by atoms with E-state index in [1.165, 1.54) is 19.5 Å². The van der Waals surface area contributed by atoms with Gasteiger partial charge in [0.1, 0.15) is 11.4 Å². The number of hydrogen-bond acceptors (Lipinski definition) is 5. The number of nitrogens with zero attached hydrogens (tertiary/aromatic N) is 2. The fourth-order valence-corrected chi connectivity index (χ4v) is 2.19. The molecule has 1 aromatic carbocycles. The summed E-state index contributed by atoms with van der Waals surface area (Å²) in [6.45, 7) is 0. The van der Waals surface area contributed by atoms with Gasteiger partial charge in [0.2, 0.25) is 0 Å². The highest BCUT2D eigenvalue weighted by Gasteiger charge is 2.12. The minimum atomic E-state index is -0.916. The first-order valence-corrected chi connectivity index (χ1v) is 5.71. The molecule has 1 heterocycles. The average molecular weight is 269 g/mol. The number of anilines is 1. The number of rotatable bonds is 3. The van der Waals surface area contributed by atoms with Crippen LogP contribution < -0.4 is 10.5 Å².